The van der Waals surface area contributed by atoms with Gasteiger partial charge >= 0.3 is 15.6 Å². The Morgan fingerprint density at radius 3 is 2.48 bits per heavy atom. The summed E-state index contributed by atoms with van der Waals surface area (Å²) in [5.41, 5.74) is 11.4. The molecule has 20 nitrogen and oxygen atoms in total. The van der Waals surface area contributed by atoms with E-state index in [9.17, 15) is 23.7 Å². The van der Waals surface area contributed by atoms with Crippen LogP contribution in [0.3, 0.4) is 0 Å². The zero-order valence-electron chi connectivity index (χ0n) is 22.3. The Kier molecular flexibility index (Phi) is 7.07. The molecule has 23 heteroatoms. The number of nitrogens with two attached hydrogens (primary N) is 2. The van der Waals surface area contributed by atoms with Crippen molar-refractivity contribution in [3.8, 4) is 0 Å². The van der Waals surface area contributed by atoms with Gasteiger partial charge in [0.1, 0.15) is 24.1 Å². The normalized spacial score (nSPS) is 36.6. The van der Waals surface area contributed by atoms with E-state index in [1.54, 1.807) is 4.57 Å². The van der Waals surface area contributed by atoms with Crippen LogP contribution in [-0.4, -0.2) is 86.5 Å². The third-order valence-electron chi connectivity index (χ3n) is 7.75. The number of phosphoric ester groups is 2. The number of ether oxygens (including phenoxy) is 1. The predicted octanol–water partition coefficient (Wildman–Crippen LogP) is 0.328. The van der Waals surface area contributed by atoms with E-state index in [2.05, 4.69) is 29.9 Å². The first-order valence-corrected chi connectivity index (χ1v) is 16.1. The molecular weight excluding hydrogens is 633 g/mol. The highest BCUT2D eigenvalue weighted by Gasteiger charge is 2.52. The summed E-state index contributed by atoms with van der Waals surface area (Å²) < 4.78 is 71.6. The van der Waals surface area contributed by atoms with Gasteiger partial charge in [-0.1, -0.05) is 0 Å². The van der Waals surface area contributed by atoms with Gasteiger partial charge in [0.05, 0.1) is 32.0 Å². The summed E-state index contributed by atoms with van der Waals surface area (Å²) in [5.74, 6) is -0.862. The van der Waals surface area contributed by atoms with Gasteiger partial charge in [0.2, 0.25) is 5.95 Å². The van der Waals surface area contributed by atoms with E-state index in [4.69, 9.17) is 34.3 Å². The third kappa shape index (κ3) is 5.19. The summed E-state index contributed by atoms with van der Waals surface area (Å²) in [6.07, 6.45) is -3.97. The Labute approximate surface area is 244 Å². The highest BCUT2D eigenvalue weighted by molar-refractivity contribution is 7.47. The van der Waals surface area contributed by atoms with Crippen LogP contribution in [0.25, 0.3) is 22.3 Å². The minimum atomic E-state index is -4.95. The SMILES string of the molecule is Nc1nc2c(ncn2[C@@H]2CC3COP(=O)(O)OC4C(COP(=O)(O)O[C@@H]3C2)OC(n2cnc3c(N)ncnc32)C4F)c(=O)[nH]1. The molecule has 0 spiro atoms. The van der Waals surface area contributed by atoms with Crippen molar-refractivity contribution in [1.29, 1.82) is 0 Å². The van der Waals surface area contributed by atoms with Gasteiger partial charge < -0.3 is 30.6 Å². The molecule has 0 aromatic carbocycles. The van der Waals surface area contributed by atoms with Gasteiger partial charge in [0.15, 0.2) is 35.0 Å². The number of hydrogen-bond acceptors (Lipinski definition) is 15. The number of rotatable bonds is 2. The van der Waals surface area contributed by atoms with E-state index in [-0.39, 0.29) is 46.9 Å². The molecule has 4 aromatic heterocycles. The molecule has 1 aliphatic carbocycles. The van der Waals surface area contributed by atoms with Crippen LogP contribution in [0.15, 0.2) is 23.8 Å². The number of fused-ring (bicyclic) bond motifs is 4. The number of alkyl halides is 1. The van der Waals surface area contributed by atoms with Gasteiger partial charge in [-0.25, -0.2) is 33.5 Å². The Morgan fingerprint density at radius 1 is 0.932 bits per heavy atom. The molecule has 3 aliphatic rings. The van der Waals surface area contributed by atoms with E-state index < -0.39 is 77.1 Å². The molecule has 0 amide bonds. The molecule has 6 heterocycles. The maximum absolute atomic E-state index is 15.9. The van der Waals surface area contributed by atoms with Crippen molar-refractivity contribution < 1.29 is 46.1 Å². The minimum Gasteiger partial charge on any atom is -0.382 e. The molecule has 44 heavy (non-hydrogen) atoms. The van der Waals surface area contributed by atoms with Crippen molar-refractivity contribution in [2.24, 2.45) is 5.92 Å². The molecule has 0 radical (unpaired) electrons. The molecular formula is C21H25FN10O10P2. The summed E-state index contributed by atoms with van der Waals surface area (Å²) in [6.45, 7) is -1.25. The van der Waals surface area contributed by atoms with E-state index in [1.807, 2.05) is 0 Å². The van der Waals surface area contributed by atoms with Crippen LogP contribution >= 0.6 is 15.6 Å². The molecule has 2 saturated heterocycles. The Morgan fingerprint density at radius 2 is 1.66 bits per heavy atom. The predicted molar refractivity (Wildman–Crippen MR) is 144 cm³/mol. The fourth-order valence-corrected chi connectivity index (χ4v) is 7.77. The van der Waals surface area contributed by atoms with E-state index >= 15 is 4.39 Å². The number of nitrogens with one attached hydrogen (secondary N) is 1. The fraction of sp³-hybridized carbons (Fsp3) is 0.524. The van der Waals surface area contributed by atoms with Gasteiger partial charge in [-0.15, -0.1) is 0 Å². The van der Waals surface area contributed by atoms with Crippen LogP contribution < -0.4 is 17.0 Å². The van der Waals surface area contributed by atoms with Crippen LogP contribution in [0.2, 0.25) is 0 Å². The van der Waals surface area contributed by atoms with Crippen molar-refractivity contribution in [3.05, 3.63) is 29.3 Å². The maximum atomic E-state index is 15.9. The Bertz CT molecular complexity index is 1900. The Balaban J connectivity index is 1.15. The van der Waals surface area contributed by atoms with Gasteiger partial charge in [-0.2, -0.15) is 4.98 Å². The molecule has 3 fully saturated rings. The molecule has 7 N–H and O–H groups in total. The van der Waals surface area contributed by atoms with E-state index in [0.717, 1.165) is 6.33 Å². The molecule has 4 aromatic rings. The standard InChI is InChI=1S/C21H25FN10O10P2/c22-12-15-11(40-20(12)32-7-27-13-16(23)25-5-26-17(13)32)4-39-43(34,35)41-10-2-9(1-8(10)3-38-44(36,37)42-15)31-6-28-14-18(31)29-21(24)30-19(14)33/h5-12,15,20H,1-4H2,(H,34,35)(H,36,37)(H2,23,25,26)(H3,24,29,30,33)/t8?,9-,10-,11?,12?,15?,20?/m1/s1. The van der Waals surface area contributed by atoms with Crippen LogP contribution in [0.4, 0.5) is 16.2 Å². The van der Waals surface area contributed by atoms with Gasteiger partial charge in [0.25, 0.3) is 5.56 Å². The van der Waals surface area contributed by atoms with Crippen LogP contribution in [0.5, 0.6) is 0 Å². The molecule has 7 rings (SSSR count). The quantitative estimate of drug-likeness (QED) is 0.181. The van der Waals surface area contributed by atoms with Crippen molar-refractivity contribution in [2.75, 3.05) is 24.7 Å². The lowest BCUT2D eigenvalue weighted by Crippen LogP contribution is -2.35. The number of phosphoric acid groups is 2. The number of nitrogens with zero attached hydrogens (tertiary/aromatic N) is 7. The summed E-state index contributed by atoms with van der Waals surface area (Å²) >= 11 is 0. The van der Waals surface area contributed by atoms with Crippen molar-refractivity contribution in [1.82, 2.24) is 39.0 Å². The van der Waals surface area contributed by atoms with Crippen LogP contribution in [0.1, 0.15) is 25.1 Å². The molecule has 9 atom stereocenters. The molecule has 0 bridgehead atoms. The maximum Gasteiger partial charge on any atom is 0.472 e. The number of nitrogen functional groups attached to an aromatic ring is 2. The summed E-state index contributed by atoms with van der Waals surface area (Å²) in [6, 6.07) is -0.502. The highest BCUT2D eigenvalue weighted by atomic mass is 31.2. The molecule has 1 saturated carbocycles. The molecule has 236 valence electrons. The van der Waals surface area contributed by atoms with Crippen molar-refractivity contribution >= 4 is 49.7 Å². The first-order valence-electron chi connectivity index (χ1n) is 13.2. The monoisotopic (exact) mass is 658 g/mol. The Hall–Kier alpha value is -3.39. The second-order valence-electron chi connectivity index (χ2n) is 10.5. The molecule has 2 aliphatic heterocycles. The first-order chi connectivity index (χ1) is 20.9. The van der Waals surface area contributed by atoms with E-state index in [0.29, 0.717) is 0 Å². The average molecular weight is 658 g/mol. The summed E-state index contributed by atoms with van der Waals surface area (Å²) in [4.78, 5) is 55.9. The fourth-order valence-electron chi connectivity index (χ4n) is 5.78. The third-order valence-corrected chi connectivity index (χ3v) is 9.75. The first kappa shape index (κ1) is 29.3. The second kappa shape index (κ2) is 10.6. The lowest BCUT2D eigenvalue weighted by Gasteiger charge is -2.27. The largest absolute Gasteiger partial charge is 0.472 e. The number of halogens is 1. The lowest BCUT2D eigenvalue weighted by molar-refractivity contribution is -0.0523. The number of aromatic amines is 1. The zero-order chi connectivity index (χ0) is 31.0. The summed E-state index contributed by atoms with van der Waals surface area (Å²) in [5, 5.41) is 0. The van der Waals surface area contributed by atoms with Crippen LogP contribution in [-0.2, 0) is 32.0 Å². The van der Waals surface area contributed by atoms with Crippen LogP contribution in [0, 0.1) is 5.92 Å². The minimum absolute atomic E-state index is 0.0249. The van der Waals surface area contributed by atoms with Crippen molar-refractivity contribution in [3.63, 3.8) is 0 Å². The van der Waals surface area contributed by atoms with E-state index in [1.165, 1.54) is 17.2 Å². The number of anilines is 2. The number of imidazole rings is 2. The van der Waals surface area contributed by atoms with Crippen molar-refractivity contribution in [2.45, 2.75) is 49.6 Å². The number of aromatic nitrogens is 8. The number of hydrogen-bond donors (Lipinski definition) is 5. The second-order valence-corrected chi connectivity index (χ2v) is 13.3. The molecule has 7 unspecified atom stereocenters. The van der Waals surface area contributed by atoms with Gasteiger partial charge in [0, 0.05) is 12.0 Å². The smallest absolute Gasteiger partial charge is 0.382 e. The highest BCUT2D eigenvalue weighted by Crippen LogP contribution is 2.55. The lowest BCUT2D eigenvalue weighted by atomic mass is 10.1. The summed E-state index contributed by atoms with van der Waals surface area (Å²) in [7, 11) is -9.76. The average Bonchev–Trinajstić information content (AvgIpc) is 3.72. The topological polar surface area (TPSA) is 280 Å². The van der Waals surface area contributed by atoms with Gasteiger partial charge in [-0.05, 0) is 12.8 Å². The number of H-pyrrole nitrogens is 1. The van der Waals surface area contributed by atoms with Gasteiger partial charge in [-0.3, -0.25) is 32.4 Å². The zero-order valence-corrected chi connectivity index (χ0v) is 24.1.